The van der Waals surface area contributed by atoms with Crippen LogP contribution in [0.4, 0.5) is 0 Å². The van der Waals surface area contributed by atoms with Gasteiger partial charge in [0.05, 0.1) is 24.3 Å². The predicted octanol–water partition coefficient (Wildman–Crippen LogP) is 3.86. The summed E-state index contributed by atoms with van der Waals surface area (Å²) in [5, 5.41) is 8.76. The number of primary amides is 1. The molecule has 1 fully saturated rings. The Morgan fingerprint density at radius 2 is 1.70 bits per heavy atom. The van der Waals surface area contributed by atoms with Gasteiger partial charge in [0.15, 0.2) is 0 Å². The molecule has 2 amide bonds. The minimum Gasteiger partial charge on any atom is -0.368 e. The lowest BCUT2D eigenvalue weighted by molar-refractivity contribution is -0.136. The number of rotatable bonds is 5. The number of amides is 2. The van der Waals surface area contributed by atoms with Crippen molar-refractivity contribution in [1.29, 1.82) is 0 Å². The van der Waals surface area contributed by atoms with E-state index in [4.69, 9.17) is 10.8 Å². The summed E-state index contributed by atoms with van der Waals surface area (Å²) in [5.41, 5.74) is 8.59. The Morgan fingerprint density at radius 3 is 2.48 bits per heavy atom. The quantitative estimate of drug-likeness (QED) is 0.654. The average Bonchev–Trinajstić information content (AvgIpc) is 3.30. The van der Waals surface area contributed by atoms with E-state index in [0.717, 1.165) is 35.1 Å². The van der Waals surface area contributed by atoms with Crippen molar-refractivity contribution in [2.75, 3.05) is 13.1 Å². The fraction of sp³-hybridized carbons (Fsp3) is 0.296. The zero-order valence-corrected chi connectivity index (χ0v) is 18.6. The maximum atomic E-state index is 13.5. The first-order chi connectivity index (χ1) is 16.1. The molecule has 0 aromatic heterocycles. The van der Waals surface area contributed by atoms with E-state index >= 15 is 0 Å². The molecule has 0 bridgehead atoms. The van der Waals surface area contributed by atoms with Gasteiger partial charge in [0, 0.05) is 6.42 Å². The van der Waals surface area contributed by atoms with E-state index in [0.29, 0.717) is 19.4 Å². The number of carbonyl (C=O) groups excluding carboxylic acids is 2. The normalized spacial score (nSPS) is 21.2. The molecule has 1 saturated heterocycles. The van der Waals surface area contributed by atoms with Gasteiger partial charge in [-0.1, -0.05) is 73.2 Å². The van der Waals surface area contributed by atoms with Gasteiger partial charge in [0.25, 0.3) is 5.91 Å². The largest absolute Gasteiger partial charge is 0.368 e. The molecule has 6 nitrogen and oxygen atoms in total. The van der Waals surface area contributed by atoms with Crippen molar-refractivity contribution in [1.82, 2.24) is 9.91 Å². The highest BCUT2D eigenvalue weighted by Gasteiger charge is 2.36. The molecule has 6 heteroatoms. The number of piperidine rings is 1. The smallest absolute Gasteiger partial charge is 0.257 e. The molecule has 168 valence electrons. The van der Waals surface area contributed by atoms with Crippen LogP contribution in [0.25, 0.3) is 10.8 Å². The first-order valence-electron chi connectivity index (χ1n) is 11.6. The van der Waals surface area contributed by atoms with Gasteiger partial charge in [-0.05, 0) is 47.4 Å². The van der Waals surface area contributed by atoms with Crippen LogP contribution in [-0.4, -0.2) is 46.6 Å². The summed E-state index contributed by atoms with van der Waals surface area (Å²) < 4.78 is 0. The number of hydrogen-bond acceptors (Lipinski definition) is 4. The zero-order chi connectivity index (χ0) is 22.8. The van der Waals surface area contributed by atoms with Crippen molar-refractivity contribution in [3.8, 4) is 0 Å². The molecule has 2 heterocycles. The summed E-state index contributed by atoms with van der Waals surface area (Å²) in [4.78, 5) is 27.3. The number of nitrogens with two attached hydrogens (primary N) is 1. The first-order valence-corrected chi connectivity index (χ1v) is 11.6. The zero-order valence-electron chi connectivity index (χ0n) is 18.6. The molecule has 0 unspecified atom stereocenters. The molecular formula is C27H28N4O2. The minimum absolute atomic E-state index is 0.104. The van der Waals surface area contributed by atoms with E-state index in [9.17, 15) is 9.59 Å². The van der Waals surface area contributed by atoms with Gasteiger partial charge >= 0.3 is 0 Å². The highest BCUT2D eigenvalue weighted by atomic mass is 16.2. The van der Waals surface area contributed by atoms with Crippen molar-refractivity contribution < 1.29 is 9.59 Å². The monoisotopic (exact) mass is 440 g/mol. The Balaban J connectivity index is 1.45. The van der Waals surface area contributed by atoms with Crippen LogP contribution in [0.15, 0.2) is 77.9 Å². The summed E-state index contributed by atoms with van der Waals surface area (Å²) in [5.74, 6) is -0.461. The Kier molecular flexibility index (Phi) is 5.92. The molecule has 3 aromatic rings. The van der Waals surface area contributed by atoms with Crippen molar-refractivity contribution in [3.05, 3.63) is 83.9 Å². The van der Waals surface area contributed by atoms with Gasteiger partial charge in [0.1, 0.15) is 0 Å². The van der Waals surface area contributed by atoms with Gasteiger partial charge < -0.3 is 5.73 Å². The van der Waals surface area contributed by atoms with Crippen LogP contribution in [0.5, 0.6) is 0 Å². The third-order valence-corrected chi connectivity index (χ3v) is 6.71. The van der Waals surface area contributed by atoms with Crippen LogP contribution in [0.3, 0.4) is 0 Å². The maximum Gasteiger partial charge on any atom is 0.257 e. The molecule has 5 rings (SSSR count). The molecule has 2 N–H and O–H groups in total. The molecule has 3 aromatic carbocycles. The predicted molar refractivity (Wildman–Crippen MR) is 130 cm³/mol. The second kappa shape index (κ2) is 9.16. The molecule has 0 spiro atoms. The summed E-state index contributed by atoms with van der Waals surface area (Å²) in [7, 11) is 0. The lowest BCUT2D eigenvalue weighted by Gasteiger charge is -2.34. The Labute approximate surface area is 193 Å². The van der Waals surface area contributed by atoms with Crippen LogP contribution in [-0.2, 0) is 9.59 Å². The average molecular weight is 441 g/mol. The minimum atomic E-state index is -0.385. The van der Waals surface area contributed by atoms with Crippen molar-refractivity contribution in [2.45, 2.75) is 37.8 Å². The van der Waals surface area contributed by atoms with Gasteiger partial charge in [-0.2, -0.15) is 5.10 Å². The summed E-state index contributed by atoms with van der Waals surface area (Å²) in [6, 6.07) is 24.0. The third kappa shape index (κ3) is 4.39. The maximum absolute atomic E-state index is 13.5. The van der Waals surface area contributed by atoms with Crippen LogP contribution in [0, 0.1) is 0 Å². The van der Waals surface area contributed by atoms with E-state index < -0.39 is 0 Å². The fourth-order valence-electron chi connectivity index (χ4n) is 4.97. The summed E-state index contributed by atoms with van der Waals surface area (Å²) >= 11 is 0. The molecule has 2 aliphatic rings. The topological polar surface area (TPSA) is 79.0 Å². The fourth-order valence-corrected chi connectivity index (χ4v) is 4.97. The van der Waals surface area contributed by atoms with E-state index in [1.807, 2.05) is 47.4 Å². The SMILES string of the molecule is NC(=O)[C@@H]1CCCCN1CC(=O)N1N=C(c2ccc3ccccc3c2)C[C@@H]1c1ccccc1. The molecule has 2 aliphatic heterocycles. The van der Waals surface area contributed by atoms with Gasteiger partial charge in [-0.15, -0.1) is 0 Å². The molecule has 0 aliphatic carbocycles. The molecule has 0 saturated carbocycles. The van der Waals surface area contributed by atoms with Crippen LogP contribution >= 0.6 is 0 Å². The van der Waals surface area contributed by atoms with E-state index in [2.05, 4.69) is 30.3 Å². The first kappa shape index (κ1) is 21.3. The second-order valence-corrected chi connectivity index (χ2v) is 8.86. The molecule has 0 radical (unpaired) electrons. The second-order valence-electron chi connectivity index (χ2n) is 8.86. The number of fused-ring (bicyclic) bond motifs is 1. The van der Waals surface area contributed by atoms with E-state index in [-0.39, 0.29) is 30.4 Å². The third-order valence-electron chi connectivity index (χ3n) is 6.71. The number of hydrogen-bond donors (Lipinski definition) is 1. The number of likely N-dealkylation sites (tertiary alicyclic amines) is 1. The molecule has 33 heavy (non-hydrogen) atoms. The van der Waals surface area contributed by atoms with E-state index in [1.165, 1.54) is 5.39 Å². The molecular weight excluding hydrogens is 412 g/mol. The highest BCUT2D eigenvalue weighted by Crippen LogP contribution is 2.33. The van der Waals surface area contributed by atoms with E-state index in [1.54, 1.807) is 5.01 Å². The Bertz CT molecular complexity index is 1210. The van der Waals surface area contributed by atoms with Crippen LogP contribution in [0.2, 0.25) is 0 Å². The van der Waals surface area contributed by atoms with Crippen molar-refractivity contribution >= 4 is 28.3 Å². The molecule has 2 atom stereocenters. The number of benzene rings is 3. The highest BCUT2D eigenvalue weighted by molar-refractivity contribution is 6.05. The number of nitrogens with zero attached hydrogens (tertiary/aromatic N) is 3. The van der Waals surface area contributed by atoms with Gasteiger partial charge in [-0.3, -0.25) is 14.5 Å². The summed E-state index contributed by atoms with van der Waals surface area (Å²) in [6.45, 7) is 0.843. The van der Waals surface area contributed by atoms with Crippen molar-refractivity contribution in [2.24, 2.45) is 10.8 Å². The number of carbonyl (C=O) groups is 2. The Morgan fingerprint density at radius 1 is 0.939 bits per heavy atom. The van der Waals surface area contributed by atoms with Gasteiger partial charge in [-0.25, -0.2) is 5.01 Å². The lowest BCUT2D eigenvalue weighted by atomic mass is 9.97. The Hall–Kier alpha value is -3.51. The standard InChI is InChI=1S/C27H28N4O2/c28-27(33)24-12-6-7-15-30(24)18-26(32)31-25(20-9-2-1-3-10-20)17-23(29-31)22-14-13-19-8-4-5-11-21(19)16-22/h1-5,8-11,13-14,16,24-25H,6-7,12,15,17-18H2,(H2,28,33)/t24-,25+/m0/s1. The van der Waals surface area contributed by atoms with Gasteiger partial charge in [0.2, 0.25) is 5.91 Å². The summed E-state index contributed by atoms with van der Waals surface area (Å²) in [6.07, 6.45) is 3.27. The number of hydrazone groups is 1. The lowest BCUT2D eigenvalue weighted by Crippen LogP contribution is -2.51. The van der Waals surface area contributed by atoms with Crippen molar-refractivity contribution in [3.63, 3.8) is 0 Å². The van der Waals surface area contributed by atoms with Crippen LogP contribution < -0.4 is 5.73 Å². The van der Waals surface area contributed by atoms with Crippen LogP contribution in [0.1, 0.15) is 42.9 Å².